The molecular formula is C8H12N2O2S. The van der Waals surface area contributed by atoms with Gasteiger partial charge in [0.05, 0.1) is 6.42 Å². The zero-order chi connectivity index (χ0) is 9.68. The number of nitrogens with one attached hydrogen (secondary N) is 1. The summed E-state index contributed by atoms with van der Waals surface area (Å²) in [5.74, 6) is -0.782. The van der Waals surface area contributed by atoms with Gasteiger partial charge in [-0.2, -0.15) is 0 Å². The van der Waals surface area contributed by atoms with E-state index in [4.69, 9.17) is 5.11 Å². The van der Waals surface area contributed by atoms with Crippen LogP contribution in [0.4, 0.5) is 5.13 Å². The summed E-state index contributed by atoms with van der Waals surface area (Å²) < 4.78 is 0. The second-order valence-electron chi connectivity index (χ2n) is 2.68. The van der Waals surface area contributed by atoms with Crippen LogP contribution in [0, 0.1) is 0 Å². The fourth-order valence-corrected chi connectivity index (χ4v) is 1.58. The highest BCUT2D eigenvalue weighted by atomic mass is 32.1. The molecule has 0 aliphatic carbocycles. The summed E-state index contributed by atoms with van der Waals surface area (Å²) in [5, 5.41) is 14.3. The number of aliphatic carboxylic acids is 1. The van der Waals surface area contributed by atoms with Crippen LogP contribution in [0.1, 0.15) is 19.8 Å². The molecule has 1 rings (SSSR count). The molecule has 0 spiro atoms. The van der Waals surface area contributed by atoms with Crippen LogP contribution in [0.15, 0.2) is 11.6 Å². The Bertz CT molecular complexity index is 261. The van der Waals surface area contributed by atoms with Crippen LogP contribution in [0.3, 0.4) is 0 Å². The lowest BCUT2D eigenvalue weighted by Crippen LogP contribution is -2.21. The minimum absolute atomic E-state index is 0.0244. The van der Waals surface area contributed by atoms with Crippen LogP contribution >= 0.6 is 11.3 Å². The summed E-state index contributed by atoms with van der Waals surface area (Å²) in [4.78, 5) is 14.5. The molecule has 72 valence electrons. The topological polar surface area (TPSA) is 62.2 Å². The largest absolute Gasteiger partial charge is 0.481 e. The molecule has 1 atom stereocenters. The third-order valence-electron chi connectivity index (χ3n) is 1.67. The number of nitrogens with zero attached hydrogens (tertiary/aromatic N) is 1. The first-order valence-corrected chi connectivity index (χ1v) is 4.98. The monoisotopic (exact) mass is 200 g/mol. The maximum absolute atomic E-state index is 10.4. The Hall–Kier alpha value is -1.10. The van der Waals surface area contributed by atoms with Gasteiger partial charge in [0.15, 0.2) is 5.13 Å². The lowest BCUT2D eigenvalue weighted by Gasteiger charge is -2.12. The van der Waals surface area contributed by atoms with E-state index < -0.39 is 5.97 Å². The maximum atomic E-state index is 10.4. The molecule has 1 heterocycles. The Labute approximate surface area is 80.6 Å². The first-order chi connectivity index (χ1) is 6.22. The van der Waals surface area contributed by atoms with Crippen LogP contribution in [0.25, 0.3) is 0 Å². The zero-order valence-corrected chi connectivity index (χ0v) is 8.17. The van der Waals surface area contributed by atoms with Crippen molar-refractivity contribution in [1.29, 1.82) is 0 Å². The molecule has 4 nitrogen and oxygen atoms in total. The fourth-order valence-electron chi connectivity index (χ4n) is 0.978. The third-order valence-corrected chi connectivity index (χ3v) is 2.38. The van der Waals surface area contributed by atoms with Crippen molar-refractivity contribution in [1.82, 2.24) is 4.98 Å². The number of rotatable bonds is 5. The molecule has 0 radical (unpaired) electrons. The van der Waals surface area contributed by atoms with E-state index in [-0.39, 0.29) is 12.5 Å². The molecule has 0 aromatic carbocycles. The van der Waals surface area contributed by atoms with Gasteiger partial charge >= 0.3 is 5.97 Å². The standard InChI is InChI=1S/C8H12N2O2S/c1-2-6(5-7(11)12)10-8-9-3-4-13-8/h3-4,6H,2,5H2,1H3,(H,9,10)(H,11,12). The van der Waals surface area contributed by atoms with Crippen molar-refractivity contribution in [3.05, 3.63) is 11.6 Å². The molecule has 0 bridgehead atoms. The highest BCUT2D eigenvalue weighted by molar-refractivity contribution is 7.13. The molecular weight excluding hydrogens is 188 g/mol. The summed E-state index contributed by atoms with van der Waals surface area (Å²) in [5.41, 5.74) is 0. The van der Waals surface area contributed by atoms with Gasteiger partial charge in [0.2, 0.25) is 0 Å². The Morgan fingerprint density at radius 3 is 3.08 bits per heavy atom. The Balaban J connectivity index is 2.45. The fraction of sp³-hybridized carbons (Fsp3) is 0.500. The number of carboxylic acids is 1. The van der Waals surface area contributed by atoms with Crippen LogP contribution in [-0.4, -0.2) is 22.1 Å². The van der Waals surface area contributed by atoms with E-state index in [2.05, 4.69) is 10.3 Å². The molecule has 0 aliphatic heterocycles. The van der Waals surface area contributed by atoms with Crippen LogP contribution in [-0.2, 0) is 4.79 Å². The quantitative estimate of drug-likeness (QED) is 0.761. The van der Waals surface area contributed by atoms with Crippen molar-refractivity contribution in [3.63, 3.8) is 0 Å². The molecule has 0 fully saturated rings. The molecule has 0 saturated carbocycles. The molecule has 2 N–H and O–H groups in total. The predicted molar refractivity (Wildman–Crippen MR) is 52.1 cm³/mol. The van der Waals surface area contributed by atoms with Crippen molar-refractivity contribution in [2.24, 2.45) is 0 Å². The summed E-state index contributed by atoms with van der Waals surface area (Å²) in [6, 6.07) is -0.0244. The van der Waals surface area contributed by atoms with Gasteiger partial charge in [0.25, 0.3) is 0 Å². The van der Waals surface area contributed by atoms with Crippen LogP contribution in [0.2, 0.25) is 0 Å². The number of carbonyl (C=O) groups is 1. The Morgan fingerprint density at radius 2 is 2.62 bits per heavy atom. The van der Waals surface area contributed by atoms with Gasteiger partial charge in [0.1, 0.15) is 0 Å². The number of hydrogen-bond donors (Lipinski definition) is 2. The van der Waals surface area contributed by atoms with Gasteiger partial charge in [-0.3, -0.25) is 4.79 Å². The smallest absolute Gasteiger partial charge is 0.305 e. The van der Waals surface area contributed by atoms with Crippen molar-refractivity contribution in [3.8, 4) is 0 Å². The molecule has 1 aromatic rings. The van der Waals surface area contributed by atoms with E-state index in [0.29, 0.717) is 0 Å². The van der Waals surface area contributed by atoms with Crippen molar-refractivity contribution >= 4 is 22.4 Å². The molecule has 1 aromatic heterocycles. The summed E-state index contributed by atoms with van der Waals surface area (Å²) in [7, 11) is 0. The molecule has 0 saturated heterocycles. The highest BCUT2D eigenvalue weighted by Crippen LogP contribution is 2.14. The van der Waals surface area contributed by atoms with Gasteiger partial charge < -0.3 is 10.4 Å². The zero-order valence-electron chi connectivity index (χ0n) is 7.36. The van der Waals surface area contributed by atoms with Gasteiger partial charge in [-0.05, 0) is 6.42 Å². The minimum Gasteiger partial charge on any atom is -0.481 e. The van der Waals surface area contributed by atoms with E-state index in [1.807, 2.05) is 12.3 Å². The van der Waals surface area contributed by atoms with Crippen molar-refractivity contribution < 1.29 is 9.90 Å². The first kappa shape index (κ1) is 9.98. The summed E-state index contributed by atoms with van der Waals surface area (Å²) in [6.45, 7) is 1.95. The number of aromatic nitrogens is 1. The predicted octanol–water partition coefficient (Wildman–Crippen LogP) is 1.81. The van der Waals surface area contributed by atoms with E-state index in [9.17, 15) is 4.79 Å². The molecule has 5 heteroatoms. The van der Waals surface area contributed by atoms with Gasteiger partial charge in [-0.1, -0.05) is 6.92 Å². The second kappa shape index (κ2) is 4.81. The average Bonchev–Trinajstić information content (AvgIpc) is 2.55. The highest BCUT2D eigenvalue weighted by Gasteiger charge is 2.11. The van der Waals surface area contributed by atoms with E-state index in [1.54, 1.807) is 6.20 Å². The number of thiazole rings is 1. The number of hydrogen-bond acceptors (Lipinski definition) is 4. The Morgan fingerprint density at radius 1 is 1.85 bits per heavy atom. The molecule has 1 unspecified atom stereocenters. The van der Waals surface area contributed by atoms with Crippen molar-refractivity contribution in [2.75, 3.05) is 5.32 Å². The maximum Gasteiger partial charge on any atom is 0.305 e. The minimum atomic E-state index is -0.782. The number of anilines is 1. The normalized spacial score (nSPS) is 12.4. The average molecular weight is 200 g/mol. The number of carboxylic acid groups (broad SMARTS) is 1. The van der Waals surface area contributed by atoms with Crippen LogP contribution in [0.5, 0.6) is 0 Å². The van der Waals surface area contributed by atoms with Crippen molar-refractivity contribution in [2.45, 2.75) is 25.8 Å². The van der Waals surface area contributed by atoms with Crippen LogP contribution < -0.4 is 5.32 Å². The molecule has 0 amide bonds. The SMILES string of the molecule is CCC(CC(=O)O)Nc1nccs1. The van der Waals surface area contributed by atoms with Gasteiger partial charge in [0, 0.05) is 17.6 Å². The second-order valence-corrected chi connectivity index (χ2v) is 3.58. The molecule has 13 heavy (non-hydrogen) atoms. The van der Waals surface area contributed by atoms with Gasteiger partial charge in [-0.15, -0.1) is 11.3 Å². The van der Waals surface area contributed by atoms with Gasteiger partial charge in [-0.25, -0.2) is 4.98 Å². The van der Waals surface area contributed by atoms with E-state index in [1.165, 1.54) is 11.3 Å². The summed E-state index contributed by atoms with van der Waals surface area (Å²) >= 11 is 1.48. The first-order valence-electron chi connectivity index (χ1n) is 4.10. The molecule has 0 aliphatic rings. The lowest BCUT2D eigenvalue weighted by atomic mass is 10.1. The van der Waals surface area contributed by atoms with E-state index >= 15 is 0 Å². The van der Waals surface area contributed by atoms with E-state index in [0.717, 1.165) is 11.6 Å². The summed E-state index contributed by atoms with van der Waals surface area (Å²) in [6.07, 6.45) is 2.61. The third kappa shape index (κ3) is 3.42. The Kier molecular flexibility index (Phi) is 3.70. The lowest BCUT2D eigenvalue weighted by molar-refractivity contribution is -0.137.